The number of rotatable bonds is 2. The Hall–Kier alpha value is -0.0800. The molecule has 0 bridgehead atoms. The van der Waals surface area contributed by atoms with Crippen molar-refractivity contribution in [3.63, 3.8) is 0 Å². The molecule has 2 heteroatoms. The van der Waals surface area contributed by atoms with Crippen LogP contribution in [0.15, 0.2) is 0 Å². The Morgan fingerprint density at radius 3 is 2.73 bits per heavy atom. The van der Waals surface area contributed by atoms with Crippen molar-refractivity contribution in [2.75, 3.05) is 13.2 Å². The van der Waals surface area contributed by atoms with E-state index in [1.807, 2.05) is 0 Å². The van der Waals surface area contributed by atoms with Crippen molar-refractivity contribution < 1.29 is 4.74 Å². The van der Waals surface area contributed by atoms with Gasteiger partial charge in [0, 0.05) is 18.7 Å². The summed E-state index contributed by atoms with van der Waals surface area (Å²) in [5, 5.41) is 3.62. The average molecular weight is 211 g/mol. The van der Waals surface area contributed by atoms with Gasteiger partial charge in [-0.3, -0.25) is 0 Å². The van der Waals surface area contributed by atoms with Crippen LogP contribution in [0.2, 0.25) is 0 Å². The van der Waals surface area contributed by atoms with Crippen LogP contribution in [0.1, 0.15) is 52.4 Å². The Balaban J connectivity index is 1.78. The third-order valence-electron chi connectivity index (χ3n) is 3.96. The monoisotopic (exact) mass is 211 g/mol. The van der Waals surface area contributed by atoms with E-state index in [1.165, 1.54) is 32.1 Å². The summed E-state index contributed by atoms with van der Waals surface area (Å²) >= 11 is 0. The van der Waals surface area contributed by atoms with Crippen molar-refractivity contribution in [2.45, 2.75) is 64.0 Å². The molecule has 2 rings (SSSR count). The van der Waals surface area contributed by atoms with Crippen LogP contribution in [0.25, 0.3) is 0 Å². The first-order chi connectivity index (χ1) is 7.16. The number of hydrogen-bond acceptors (Lipinski definition) is 2. The Bertz CT molecular complexity index is 197. The van der Waals surface area contributed by atoms with Crippen LogP contribution < -0.4 is 5.32 Å². The van der Waals surface area contributed by atoms with Gasteiger partial charge in [0.25, 0.3) is 0 Å². The first-order valence-corrected chi connectivity index (χ1v) is 6.52. The van der Waals surface area contributed by atoms with E-state index < -0.39 is 0 Å². The molecule has 1 heterocycles. The van der Waals surface area contributed by atoms with Gasteiger partial charge in [0.2, 0.25) is 0 Å². The molecule has 1 atom stereocenters. The highest BCUT2D eigenvalue weighted by Crippen LogP contribution is 2.30. The first-order valence-electron chi connectivity index (χ1n) is 6.52. The summed E-state index contributed by atoms with van der Waals surface area (Å²) < 4.78 is 5.94. The minimum Gasteiger partial charge on any atom is -0.377 e. The van der Waals surface area contributed by atoms with Gasteiger partial charge in [-0.25, -0.2) is 0 Å². The van der Waals surface area contributed by atoms with Crippen molar-refractivity contribution in [1.82, 2.24) is 5.32 Å². The second kappa shape index (κ2) is 4.84. The normalized spacial score (nSPS) is 32.8. The van der Waals surface area contributed by atoms with Gasteiger partial charge in [-0.05, 0) is 32.6 Å². The molecular formula is C13H25NO. The van der Waals surface area contributed by atoms with Crippen LogP contribution in [0.5, 0.6) is 0 Å². The van der Waals surface area contributed by atoms with E-state index in [0.29, 0.717) is 6.10 Å². The van der Waals surface area contributed by atoms with Gasteiger partial charge in [-0.2, -0.15) is 0 Å². The predicted octanol–water partition coefficient (Wildman–Crippen LogP) is 2.72. The minimum atomic E-state index is 0.268. The molecule has 0 aromatic rings. The second-order valence-corrected chi connectivity index (χ2v) is 5.89. The quantitative estimate of drug-likeness (QED) is 0.758. The summed E-state index contributed by atoms with van der Waals surface area (Å²) in [5.41, 5.74) is 0.268. The molecule has 2 aliphatic rings. The zero-order chi connectivity index (χ0) is 10.7. The minimum absolute atomic E-state index is 0.268. The van der Waals surface area contributed by atoms with Crippen LogP contribution in [0.3, 0.4) is 0 Å². The summed E-state index contributed by atoms with van der Waals surface area (Å²) in [6, 6.07) is 0. The van der Waals surface area contributed by atoms with E-state index in [9.17, 15) is 0 Å². The van der Waals surface area contributed by atoms with Crippen LogP contribution in [0, 0.1) is 5.92 Å². The van der Waals surface area contributed by atoms with E-state index in [-0.39, 0.29) is 5.54 Å². The predicted molar refractivity (Wildman–Crippen MR) is 63.0 cm³/mol. The lowest BCUT2D eigenvalue weighted by atomic mass is 9.99. The SMILES string of the molecule is CC1(C)CCOC(CC2CCCC2)CN1. The molecule has 1 saturated heterocycles. The lowest BCUT2D eigenvalue weighted by Gasteiger charge is -2.23. The molecule has 1 aliphatic carbocycles. The average Bonchev–Trinajstić information content (AvgIpc) is 2.60. The van der Waals surface area contributed by atoms with Gasteiger partial charge < -0.3 is 10.1 Å². The van der Waals surface area contributed by atoms with Gasteiger partial charge in [-0.1, -0.05) is 25.7 Å². The van der Waals surface area contributed by atoms with Crippen LogP contribution in [-0.2, 0) is 4.74 Å². The molecule has 1 N–H and O–H groups in total. The van der Waals surface area contributed by atoms with Crippen molar-refractivity contribution in [1.29, 1.82) is 0 Å². The largest absolute Gasteiger partial charge is 0.377 e. The summed E-state index contributed by atoms with van der Waals surface area (Å²) in [4.78, 5) is 0. The molecule has 0 aromatic carbocycles. The number of ether oxygens (including phenoxy) is 1. The second-order valence-electron chi connectivity index (χ2n) is 5.89. The van der Waals surface area contributed by atoms with Crippen molar-refractivity contribution in [3.05, 3.63) is 0 Å². The van der Waals surface area contributed by atoms with Gasteiger partial charge >= 0.3 is 0 Å². The van der Waals surface area contributed by atoms with E-state index >= 15 is 0 Å². The lowest BCUT2D eigenvalue weighted by Crippen LogP contribution is -2.41. The first kappa shape index (κ1) is 11.4. The van der Waals surface area contributed by atoms with E-state index in [2.05, 4.69) is 19.2 Å². The Labute approximate surface area is 93.8 Å². The van der Waals surface area contributed by atoms with E-state index in [0.717, 1.165) is 25.5 Å². The van der Waals surface area contributed by atoms with Crippen LogP contribution in [-0.4, -0.2) is 24.8 Å². The molecule has 88 valence electrons. The standard InChI is InChI=1S/C13H25NO/c1-13(2)7-8-15-12(10-14-13)9-11-5-3-4-6-11/h11-12,14H,3-10H2,1-2H3. The maximum absolute atomic E-state index is 5.94. The fourth-order valence-corrected chi connectivity index (χ4v) is 2.79. The van der Waals surface area contributed by atoms with E-state index in [4.69, 9.17) is 4.74 Å². The highest BCUT2D eigenvalue weighted by atomic mass is 16.5. The molecule has 0 aromatic heterocycles. The maximum atomic E-state index is 5.94. The molecule has 15 heavy (non-hydrogen) atoms. The Morgan fingerprint density at radius 2 is 2.00 bits per heavy atom. The van der Waals surface area contributed by atoms with Gasteiger partial charge in [-0.15, -0.1) is 0 Å². The third kappa shape index (κ3) is 3.46. The molecule has 2 nitrogen and oxygen atoms in total. The molecule has 0 radical (unpaired) electrons. The Kier molecular flexibility index (Phi) is 3.68. The number of hydrogen-bond donors (Lipinski definition) is 1. The third-order valence-corrected chi connectivity index (χ3v) is 3.96. The summed E-state index contributed by atoms with van der Waals surface area (Å²) in [6.45, 7) is 6.52. The fourth-order valence-electron chi connectivity index (χ4n) is 2.79. The summed E-state index contributed by atoms with van der Waals surface area (Å²) in [5.74, 6) is 0.943. The fraction of sp³-hybridized carbons (Fsp3) is 1.00. The summed E-state index contributed by atoms with van der Waals surface area (Å²) in [7, 11) is 0. The topological polar surface area (TPSA) is 21.3 Å². The molecule has 0 amide bonds. The van der Waals surface area contributed by atoms with Gasteiger partial charge in [0.15, 0.2) is 0 Å². The van der Waals surface area contributed by atoms with Gasteiger partial charge in [0.1, 0.15) is 0 Å². The van der Waals surface area contributed by atoms with E-state index in [1.54, 1.807) is 0 Å². The molecular weight excluding hydrogens is 186 g/mol. The molecule has 1 saturated carbocycles. The van der Waals surface area contributed by atoms with Crippen molar-refractivity contribution in [2.24, 2.45) is 5.92 Å². The van der Waals surface area contributed by atoms with Crippen LogP contribution >= 0.6 is 0 Å². The number of nitrogens with one attached hydrogen (secondary N) is 1. The highest BCUT2D eigenvalue weighted by molar-refractivity contribution is 4.83. The van der Waals surface area contributed by atoms with Crippen molar-refractivity contribution >= 4 is 0 Å². The molecule has 0 spiro atoms. The Morgan fingerprint density at radius 1 is 1.27 bits per heavy atom. The molecule has 2 fully saturated rings. The molecule has 1 aliphatic heterocycles. The highest BCUT2D eigenvalue weighted by Gasteiger charge is 2.26. The maximum Gasteiger partial charge on any atom is 0.0702 e. The smallest absolute Gasteiger partial charge is 0.0702 e. The van der Waals surface area contributed by atoms with Gasteiger partial charge in [0.05, 0.1) is 6.10 Å². The van der Waals surface area contributed by atoms with Crippen LogP contribution in [0.4, 0.5) is 0 Å². The zero-order valence-electron chi connectivity index (χ0n) is 10.2. The zero-order valence-corrected chi connectivity index (χ0v) is 10.2. The lowest BCUT2D eigenvalue weighted by molar-refractivity contribution is 0.0489. The molecule has 1 unspecified atom stereocenters. The summed E-state index contributed by atoms with van der Waals surface area (Å²) in [6.07, 6.45) is 8.63. The van der Waals surface area contributed by atoms with Crippen molar-refractivity contribution in [3.8, 4) is 0 Å².